The first-order valence-corrected chi connectivity index (χ1v) is 4.04. The zero-order chi connectivity index (χ0) is 7.23. The van der Waals surface area contributed by atoms with Crippen LogP contribution in [0, 0.1) is 5.92 Å². The van der Waals surface area contributed by atoms with Crippen LogP contribution < -0.4 is 0 Å². The molecule has 1 heteroatoms. The summed E-state index contributed by atoms with van der Waals surface area (Å²) in [5.41, 5.74) is 0. The molecule has 1 nitrogen and oxygen atoms in total. The zero-order valence-electron chi connectivity index (χ0n) is 6.25. The minimum Gasteiger partial charge on any atom is -0.303 e. The van der Waals surface area contributed by atoms with Crippen LogP contribution in [0.5, 0.6) is 0 Å². The van der Waals surface area contributed by atoms with E-state index in [0.29, 0.717) is 5.92 Å². The maximum Gasteiger partial charge on any atom is 0.120 e. The van der Waals surface area contributed by atoms with Gasteiger partial charge in [-0.15, -0.1) is 0 Å². The van der Waals surface area contributed by atoms with Crippen molar-refractivity contribution < 1.29 is 4.79 Å². The second-order valence-corrected chi connectivity index (χ2v) is 2.86. The number of rotatable bonds is 3. The summed E-state index contributed by atoms with van der Waals surface area (Å²) in [6.07, 6.45) is 11.1. The van der Waals surface area contributed by atoms with Crippen molar-refractivity contribution >= 4 is 6.29 Å². The van der Waals surface area contributed by atoms with Gasteiger partial charge in [-0.25, -0.2) is 0 Å². The number of hydrogen-bond acceptors (Lipinski definition) is 1. The van der Waals surface area contributed by atoms with Gasteiger partial charge in [0.2, 0.25) is 0 Å². The maximum atomic E-state index is 10.0. The van der Waals surface area contributed by atoms with Crippen LogP contribution in [0.3, 0.4) is 0 Å². The highest BCUT2D eigenvalue weighted by Gasteiger charge is 2.06. The largest absolute Gasteiger partial charge is 0.303 e. The Hall–Kier alpha value is -0.590. The number of carbonyl (C=O) groups excluding carboxylic acids is 1. The number of aldehydes is 1. The molecule has 0 saturated heterocycles. The SMILES string of the molecule is O=CCCC1C=CCCC1. The molecule has 0 fully saturated rings. The van der Waals surface area contributed by atoms with Gasteiger partial charge in [0, 0.05) is 6.42 Å². The summed E-state index contributed by atoms with van der Waals surface area (Å²) in [5.74, 6) is 0.693. The normalized spacial score (nSPS) is 24.6. The van der Waals surface area contributed by atoms with E-state index in [1.807, 2.05) is 0 Å². The molecular weight excluding hydrogens is 124 g/mol. The van der Waals surface area contributed by atoms with Crippen LogP contribution >= 0.6 is 0 Å². The van der Waals surface area contributed by atoms with E-state index in [4.69, 9.17) is 0 Å². The summed E-state index contributed by atoms with van der Waals surface area (Å²) >= 11 is 0. The second-order valence-electron chi connectivity index (χ2n) is 2.86. The summed E-state index contributed by atoms with van der Waals surface area (Å²) in [6.45, 7) is 0. The summed E-state index contributed by atoms with van der Waals surface area (Å²) in [5, 5.41) is 0. The van der Waals surface area contributed by atoms with Gasteiger partial charge in [0.15, 0.2) is 0 Å². The third-order valence-electron chi connectivity index (χ3n) is 2.01. The fourth-order valence-corrected chi connectivity index (χ4v) is 1.41. The lowest BCUT2D eigenvalue weighted by Gasteiger charge is -2.13. The highest BCUT2D eigenvalue weighted by atomic mass is 16.1. The Bertz CT molecular complexity index is 127. The van der Waals surface area contributed by atoms with Crippen molar-refractivity contribution in [2.24, 2.45) is 5.92 Å². The fraction of sp³-hybridized carbons (Fsp3) is 0.667. The lowest BCUT2D eigenvalue weighted by Crippen LogP contribution is -2.00. The lowest BCUT2D eigenvalue weighted by atomic mass is 9.92. The Balaban J connectivity index is 2.19. The molecule has 0 spiro atoms. The molecule has 0 bridgehead atoms. The van der Waals surface area contributed by atoms with Gasteiger partial charge in [-0.2, -0.15) is 0 Å². The first kappa shape index (κ1) is 7.52. The van der Waals surface area contributed by atoms with Crippen LogP contribution in [0.25, 0.3) is 0 Å². The van der Waals surface area contributed by atoms with E-state index in [-0.39, 0.29) is 0 Å². The van der Waals surface area contributed by atoms with E-state index in [1.165, 1.54) is 19.3 Å². The highest BCUT2D eigenvalue weighted by Crippen LogP contribution is 2.20. The summed E-state index contributed by atoms with van der Waals surface area (Å²) in [7, 11) is 0. The lowest BCUT2D eigenvalue weighted by molar-refractivity contribution is -0.108. The van der Waals surface area contributed by atoms with Crippen LogP contribution in [-0.2, 0) is 4.79 Å². The summed E-state index contributed by atoms with van der Waals surface area (Å²) in [4.78, 5) is 10.0. The predicted octanol–water partition coefficient (Wildman–Crippen LogP) is 2.32. The second kappa shape index (κ2) is 4.26. The van der Waals surface area contributed by atoms with Crippen molar-refractivity contribution in [2.75, 3.05) is 0 Å². The van der Waals surface area contributed by atoms with Crippen LogP contribution in [0.4, 0.5) is 0 Å². The minimum atomic E-state index is 0.693. The van der Waals surface area contributed by atoms with Crippen molar-refractivity contribution in [1.82, 2.24) is 0 Å². The quantitative estimate of drug-likeness (QED) is 0.432. The highest BCUT2D eigenvalue weighted by molar-refractivity contribution is 5.49. The Morgan fingerprint density at radius 2 is 2.50 bits per heavy atom. The average Bonchev–Trinajstić information content (AvgIpc) is 2.03. The number of carbonyl (C=O) groups is 1. The van der Waals surface area contributed by atoms with Crippen molar-refractivity contribution in [2.45, 2.75) is 32.1 Å². The van der Waals surface area contributed by atoms with Gasteiger partial charge < -0.3 is 4.79 Å². The smallest absolute Gasteiger partial charge is 0.120 e. The third kappa shape index (κ3) is 2.34. The van der Waals surface area contributed by atoms with Gasteiger partial charge >= 0.3 is 0 Å². The van der Waals surface area contributed by atoms with E-state index in [9.17, 15) is 4.79 Å². The van der Waals surface area contributed by atoms with Crippen LogP contribution in [-0.4, -0.2) is 6.29 Å². The molecule has 1 aliphatic rings. The average molecular weight is 138 g/mol. The predicted molar refractivity (Wildman–Crippen MR) is 41.8 cm³/mol. The van der Waals surface area contributed by atoms with E-state index >= 15 is 0 Å². The molecule has 1 atom stereocenters. The Morgan fingerprint density at radius 3 is 3.10 bits per heavy atom. The molecule has 0 heterocycles. The van der Waals surface area contributed by atoms with Crippen LogP contribution in [0.1, 0.15) is 32.1 Å². The molecule has 1 aliphatic carbocycles. The monoisotopic (exact) mass is 138 g/mol. The van der Waals surface area contributed by atoms with Gasteiger partial charge in [-0.05, 0) is 31.6 Å². The van der Waals surface area contributed by atoms with Gasteiger partial charge in [-0.3, -0.25) is 0 Å². The molecule has 0 radical (unpaired) electrons. The third-order valence-corrected chi connectivity index (χ3v) is 2.01. The minimum absolute atomic E-state index is 0.693. The first-order chi connectivity index (χ1) is 4.93. The van der Waals surface area contributed by atoms with Gasteiger partial charge in [0.05, 0.1) is 0 Å². The Morgan fingerprint density at radius 1 is 1.60 bits per heavy atom. The molecule has 0 aromatic rings. The van der Waals surface area contributed by atoms with Gasteiger partial charge in [0.1, 0.15) is 6.29 Å². The molecule has 0 N–H and O–H groups in total. The van der Waals surface area contributed by atoms with E-state index in [2.05, 4.69) is 12.2 Å². The molecule has 0 aliphatic heterocycles. The van der Waals surface area contributed by atoms with Gasteiger partial charge in [0.25, 0.3) is 0 Å². The molecular formula is C9H14O. The van der Waals surface area contributed by atoms with E-state index in [0.717, 1.165) is 19.1 Å². The topological polar surface area (TPSA) is 17.1 Å². The van der Waals surface area contributed by atoms with Crippen molar-refractivity contribution in [3.05, 3.63) is 12.2 Å². The number of allylic oxidation sites excluding steroid dienone is 2. The van der Waals surface area contributed by atoms with E-state index in [1.54, 1.807) is 0 Å². The van der Waals surface area contributed by atoms with Crippen molar-refractivity contribution in [1.29, 1.82) is 0 Å². The molecule has 56 valence electrons. The Labute approximate surface area is 62.1 Å². The van der Waals surface area contributed by atoms with Crippen molar-refractivity contribution in [3.8, 4) is 0 Å². The molecule has 0 amide bonds. The van der Waals surface area contributed by atoms with Crippen LogP contribution in [0.2, 0.25) is 0 Å². The fourth-order valence-electron chi connectivity index (χ4n) is 1.41. The first-order valence-electron chi connectivity index (χ1n) is 4.04. The summed E-state index contributed by atoms with van der Waals surface area (Å²) < 4.78 is 0. The maximum absolute atomic E-state index is 10.0. The molecule has 1 rings (SSSR count). The molecule has 0 aromatic heterocycles. The molecule has 0 aromatic carbocycles. The molecule has 0 saturated carbocycles. The zero-order valence-corrected chi connectivity index (χ0v) is 6.25. The number of hydrogen-bond donors (Lipinski definition) is 0. The molecule has 10 heavy (non-hydrogen) atoms. The van der Waals surface area contributed by atoms with E-state index < -0.39 is 0 Å². The standard InChI is InChI=1S/C9H14O/c10-8-4-7-9-5-2-1-3-6-9/h2,5,8-9H,1,3-4,6-7H2. The Kier molecular flexibility index (Phi) is 3.20. The van der Waals surface area contributed by atoms with Gasteiger partial charge in [-0.1, -0.05) is 12.2 Å². The van der Waals surface area contributed by atoms with Crippen LogP contribution in [0.15, 0.2) is 12.2 Å². The van der Waals surface area contributed by atoms with Crippen molar-refractivity contribution in [3.63, 3.8) is 0 Å². The molecule has 1 unspecified atom stereocenters. The summed E-state index contributed by atoms with van der Waals surface area (Å²) in [6, 6.07) is 0.